The number of aromatic amines is 3. The molecule has 145 heavy (non-hydrogen) atoms. The number of H-pyrrole nitrogens is 3. The van der Waals surface area contributed by atoms with E-state index in [1.165, 1.54) is 90.5 Å². The minimum Gasteiger partial charge on any atom is -0.496 e. The third kappa shape index (κ3) is 28.7. The number of amides is 3. The molecule has 4 N–H and O–H groups in total. The fraction of sp³-hybridized carbons (Fsp3) is 0.530. The van der Waals surface area contributed by atoms with Crippen LogP contribution >= 0.6 is 0 Å². The van der Waals surface area contributed by atoms with Crippen LogP contribution < -0.4 is 28.4 Å². The summed E-state index contributed by atoms with van der Waals surface area (Å²) in [6.07, 6.45) is 31.3. The number of aryl methyl sites for hydroxylation is 2. The van der Waals surface area contributed by atoms with Crippen molar-refractivity contribution in [2.45, 2.75) is 257 Å². The zero-order valence-corrected chi connectivity index (χ0v) is 88.8. The largest absolute Gasteiger partial charge is 0.496 e. The average Bonchev–Trinajstić information content (AvgIpc) is 1.59. The van der Waals surface area contributed by atoms with Gasteiger partial charge in [0.1, 0.15) is 34.5 Å². The first-order valence-electron chi connectivity index (χ1n) is 52.6. The van der Waals surface area contributed by atoms with E-state index in [4.69, 9.17) is 62.8 Å². The molecule has 6 unspecified atom stereocenters. The van der Waals surface area contributed by atoms with Gasteiger partial charge in [-0.2, -0.15) is 0 Å². The number of benzene rings is 4. The number of carbonyl (C=O) groups excluding carboxylic acids is 4. The highest BCUT2D eigenvalue weighted by atomic mass is 32.2. The van der Waals surface area contributed by atoms with Crippen LogP contribution in [0, 0.1) is 98.7 Å². The summed E-state index contributed by atoms with van der Waals surface area (Å²) in [6.45, 7) is 71.4. The minimum atomic E-state index is -3.53. The van der Waals surface area contributed by atoms with E-state index in [2.05, 4.69) is 173 Å². The number of anilines is 1. The first-order valence-corrected chi connectivity index (χ1v) is 54.3. The van der Waals surface area contributed by atoms with Gasteiger partial charge in [-0.1, -0.05) is 250 Å². The second-order valence-electron chi connectivity index (χ2n) is 41.2. The summed E-state index contributed by atoms with van der Waals surface area (Å²) in [6, 6.07) is 27.3. The van der Waals surface area contributed by atoms with Crippen LogP contribution in [0.3, 0.4) is 0 Å². The van der Waals surface area contributed by atoms with Gasteiger partial charge in [0, 0.05) is 79.2 Å². The van der Waals surface area contributed by atoms with Crippen LogP contribution in [0.25, 0.3) is 65.6 Å². The second kappa shape index (κ2) is 53.3. The van der Waals surface area contributed by atoms with E-state index in [9.17, 15) is 27.6 Å². The van der Waals surface area contributed by atoms with Crippen LogP contribution in [0.2, 0.25) is 0 Å². The predicted octanol–water partition coefficient (Wildman–Crippen LogP) is 27.4. The predicted molar refractivity (Wildman–Crippen MR) is 575 cm³/mol. The number of aromatic nitrogens is 9. The van der Waals surface area contributed by atoms with Crippen molar-refractivity contribution in [1.82, 2.24) is 58.5 Å². The molecule has 6 atom stereocenters. The third-order valence-corrected chi connectivity index (χ3v) is 30.6. The molecule has 3 aliphatic carbocycles. The Hall–Kier alpha value is -12.9. The number of unbranched alkanes of at least 4 members (excludes halogenated alkanes) is 14. The van der Waals surface area contributed by atoms with E-state index in [1.54, 1.807) is 63.5 Å². The molecule has 4 aliphatic rings. The number of hydrogen-bond donors (Lipinski definition) is 4. The Bertz CT molecular complexity index is 6270. The number of nitrogens with zero attached hydrogens (tertiary/aromatic N) is 12. The van der Waals surface area contributed by atoms with Crippen LogP contribution in [0.1, 0.15) is 261 Å². The molecule has 778 valence electrons. The Morgan fingerprint density at radius 1 is 0.503 bits per heavy atom. The number of sulfonamides is 1. The monoisotopic (exact) mass is 2000 g/mol. The molecular weight excluding hydrogens is 1850 g/mol. The number of ether oxygens (including phenoxy) is 7. The lowest BCUT2D eigenvalue weighted by Crippen LogP contribution is -2.42. The smallest absolute Gasteiger partial charge is 0.416 e. The lowest BCUT2D eigenvalue weighted by Gasteiger charge is -2.38. The van der Waals surface area contributed by atoms with Gasteiger partial charge in [0.2, 0.25) is 27.7 Å². The van der Waals surface area contributed by atoms with Gasteiger partial charge in [0.15, 0.2) is 23.1 Å². The highest BCUT2D eigenvalue weighted by Gasteiger charge is 2.41. The van der Waals surface area contributed by atoms with Crippen molar-refractivity contribution in [3.05, 3.63) is 209 Å². The van der Waals surface area contributed by atoms with E-state index < -0.39 is 34.3 Å². The summed E-state index contributed by atoms with van der Waals surface area (Å²) in [4.78, 5) is 84.3. The fourth-order valence-corrected chi connectivity index (χ4v) is 23.2. The number of rotatable bonds is 44. The zero-order chi connectivity index (χ0) is 104. The molecule has 0 bridgehead atoms. The summed E-state index contributed by atoms with van der Waals surface area (Å²) in [5, 5.41) is 9.79. The van der Waals surface area contributed by atoms with Gasteiger partial charge in [-0.05, 0) is 191 Å². The number of hydrogen-bond acceptors (Lipinski definition) is 16. The maximum absolute atomic E-state index is 13.7. The van der Waals surface area contributed by atoms with Crippen LogP contribution in [0.4, 0.5) is 37.1 Å². The SMILES string of the molecule is [C-]#[N+]c1c(C(=O)OC2C(C)CC(C)CC2C)c2nc(-c3ccc(C)cc3)[nH]n2c1OC(=O)N(CC=C)CC=C.[C-]#[N+]c1c(CC2C(C)CC(C)CC2C)c2nc(-c3ccc(OC)c(Cc4cc(C)ccc4OCCCCCCCC)c3)[nH]n2c1OC(=O)N1CCOCC1.[C-]#[N+]c1c(CC2C(C)CC(C)CC2C)c2nc(-c3cccc(NS(=O)(=O)CCCCCCCCCCCC)c3)[nH]n2c1OC(=O)N(CC=C)CC=C. The number of methoxy groups -OCH3 is 1. The molecule has 7 heterocycles. The number of esters is 1. The molecule has 29 nitrogen and oxygen atoms in total. The summed E-state index contributed by atoms with van der Waals surface area (Å²) in [7, 11) is -1.84. The van der Waals surface area contributed by atoms with Crippen LogP contribution in [-0.4, -0.2) is 169 Å². The van der Waals surface area contributed by atoms with E-state index >= 15 is 0 Å². The number of fused-ring (bicyclic) bond motifs is 3. The van der Waals surface area contributed by atoms with Gasteiger partial charge in [-0.15, -0.1) is 26.3 Å². The summed E-state index contributed by atoms with van der Waals surface area (Å²) >= 11 is 0. The van der Waals surface area contributed by atoms with Crippen molar-refractivity contribution in [1.29, 1.82) is 0 Å². The summed E-state index contributed by atoms with van der Waals surface area (Å²) in [5.41, 5.74) is 10.4. The van der Waals surface area contributed by atoms with Crippen molar-refractivity contribution in [3.63, 3.8) is 0 Å². The van der Waals surface area contributed by atoms with Crippen LogP contribution in [-0.2, 0) is 38.8 Å². The molecule has 4 fully saturated rings. The molecule has 3 amide bonds. The molecule has 0 radical (unpaired) electrons. The first kappa shape index (κ1) is 111. The third-order valence-electron chi connectivity index (χ3n) is 29.2. The lowest BCUT2D eigenvalue weighted by atomic mass is 9.67. The topological polar surface area (TPSA) is 301 Å². The highest BCUT2D eigenvalue weighted by molar-refractivity contribution is 7.92. The second-order valence-corrected chi connectivity index (χ2v) is 43.0. The maximum atomic E-state index is 13.7. The molecule has 3 saturated carbocycles. The van der Waals surface area contributed by atoms with Gasteiger partial charge >= 0.3 is 24.2 Å². The standard InChI is InChI=1S/C44H59N5O5.C41H60N6O4S.C30H35N5O4/c1-8-9-10-11-12-13-20-53-39-16-14-29(2)25-34(39)27-35-26-33(15-17-38(35)51-7)41-46-42-37(28-36-31(4)23-30(3)24-32(36)5)40(45-6)43(49(42)47-41)54-44(50)48-18-21-52-22-19-48;1-8-11-12-13-14-15-16-17-18-19-25-52(49,50)45-34-22-20-21-33(28-34)38-43-39-36(29-35-31(5)26-30(4)27-32(35)6)37(42-7)40(47(39)44-38)51-41(48)46(23-9-2)24-10-3;1-8-14-34(15-9-2)30(37)39-28-24(31-7)23(29(36)38-25-20(5)16-19(4)17-21(25)6)27-32-26(33-35(27)28)22-12-10-18(3)11-13-22/h14-17,25-26,30-32,36H,8-13,18-24,27-28H2,1-5,7H3,(H,46,47);9-10,20-22,28,30-32,35,45H,2-3,8,11-19,23-27,29H2,1,4-6H3,(H,43,44);8-13,19-21,25H,1-2,14-17H2,3-6H3,(H,32,33). The van der Waals surface area contributed by atoms with Crippen molar-refractivity contribution < 1.29 is 60.8 Å². The van der Waals surface area contributed by atoms with Gasteiger partial charge in [-0.25, -0.2) is 70.6 Å². The molecule has 1 aliphatic heterocycles. The quantitative estimate of drug-likeness (QED) is 0.0119. The van der Waals surface area contributed by atoms with E-state index in [-0.39, 0.29) is 90.1 Å². The average molecular weight is 2000 g/mol. The molecule has 10 aromatic rings. The van der Waals surface area contributed by atoms with E-state index in [0.717, 1.165) is 115 Å². The summed E-state index contributed by atoms with van der Waals surface area (Å²) < 4.78 is 75.0. The normalized spacial score (nSPS) is 19.9. The Balaban J connectivity index is 0.000000196. The lowest BCUT2D eigenvalue weighted by molar-refractivity contribution is -0.0250. The first-order chi connectivity index (χ1) is 69.9. The molecular formula is C115H154N16O13S. The minimum absolute atomic E-state index is 0.0283. The molecule has 6 aromatic heterocycles. The molecule has 0 spiro atoms. The number of morpholine rings is 1. The van der Waals surface area contributed by atoms with Crippen molar-refractivity contribution in [2.24, 2.45) is 65.1 Å². The zero-order valence-electron chi connectivity index (χ0n) is 88.0. The highest BCUT2D eigenvalue weighted by Crippen LogP contribution is 2.49. The van der Waals surface area contributed by atoms with Crippen LogP contribution in [0.5, 0.6) is 29.1 Å². The fourth-order valence-electron chi connectivity index (χ4n) is 22.1. The van der Waals surface area contributed by atoms with Crippen molar-refractivity contribution >= 4 is 74.0 Å². The number of nitrogens with one attached hydrogen (secondary N) is 4. The van der Waals surface area contributed by atoms with Gasteiger partial charge in [0.25, 0.3) is 17.1 Å². The Morgan fingerprint density at radius 2 is 0.924 bits per heavy atom. The van der Waals surface area contributed by atoms with Crippen LogP contribution in [0.15, 0.2) is 136 Å². The Labute approximate surface area is 858 Å². The summed E-state index contributed by atoms with van der Waals surface area (Å²) in [5.74, 6) is 7.63. The van der Waals surface area contributed by atoms with E-state index in [1.807, 2.05) is 49.4 Å². The van der Waals surface area contributed by atoms with Gasteiger partial charge in [-0.3, -0.25) is 20.0 Å². The molecule has 14 rings (SSSR count). The number of carbonyl (C=O) groups is 4. The van der Waals surface area contributed by atoms with Crippen molar-refractivity contribution in [2.75, 3.05) is 76.7 Å². The Morgan fingerprint density at radius 3 is 1.41 bits per heavy atom. The molecule has 4 aromatic carbocycles. The molecule has 1 saturated heterocycles. The van der Waals surface area contributed by atoms with Crippen molar-refractivity contribution in [3.8, 4) is 63.3 Å². The van der Waals surface area contributed by atoms with E-state index in [0.29, 0.717) is 158 Å². The maximum Gasteiger partial charge on any atom is 0.416 e. The van der Waals surface area contributed by atoms with Gasteiger partial charge in [0.05, 0.1) is 52.4 Å². The molecule has 30 heteroatoms. The van der Waals surface area contributed by atoms with Gasteiger partial charge < -0.3 is 47.9 Å². The Kier molecular flexibility index (Phi) is 40.8.